The van der Waals surface area contributed by atoms with E-state index in [2.05, 4.69) is 4.98 Å². The second-order valence-electron chi connectivity index (χ2n) is 3.65. The lowest BCUT2D eigenvalue weighted by molar-refractivity contribution is 0.140. The van der Waals surface area contributed by atoms with Crippen molar-refractivity contribution in [3.63, 3.8) is 0 Å². The third-order valence-corrected chi connectivity index (χ3v) is 2.34. The van der Waals surface area contributed by atoms with Gasteiger partial charge in [0.05, 0.1) is 12.3 Å². The first-order chi connectivity index (χ1) is 8.70. The van der Waals surface area contributed by atoms with Crippen molar-refractivity contribution in [2.75, 3.05) is 0 Å². The number of hydrogen-bond acceptors (Lipinski definition) is 4. The van der Waals surface area contributed by atoms with E-state index in [9.17, 15) is 9.59 Å². The topological polar surface area (TPSA) is 84.3 Å². The van der Waals surface area contributed by atoms with Crippen LogP contribution in [0.4, 0.5) is 4.79 Å². The molecule has 0 unspecified atom stereocenters. The molecule has 6 nitrogen and oxygen atoms in total. The molecule has 18 heavy (non-hydrogen) atoms. The molecule has 1 aromatic carbocycles. The van der Waals surface area contributed by atoms with E-state index >= 15 is 0 Å². The molecule has 0 saturated carbocycles. The molecule has 0 spiro atoms. The summed E-state index contributed by atoms with van der Waals surface area (Å²) < 4.78 is 5.76. The van der Waals surface area contributed by atoms with Crippen molar-refractivity contribution >= 4 is 6.09 Å². The monoisotopic (exact) mass is 248 g/mol. The number of benzene rings is 1. The van der Waals surface area contributed by atoms with Crippen LogP contribution in [-0.2, 0) is 18.0 Å². The van der Waals surface area contributed by atoms with Gasteiger partial charge in [0.1, 0.15) is 6.61 Å². The number of imidazole rings is 1. The maximum atomic E-state index is 11.6. The number of carbonyl (C=O) groups is 1. The van der Waals surface area contributed by atoms with Gasteiger partial charge in [0.25, 0.3) is 0 Å². The number of hydrogen-bond donors (Lipinski definition) is 2. The minimum atomic E-state index is -0.778. The molecule has 1 aromatic heterocycles. The summed E-state index contributed by atoms with van der Waals surface area (Å²) in [5.41, 5.74) is 0.464. The highest BCUT2D eigenvalue weighted by molar-refractivity contribution is 5.70. The van der Waals surface area contributed by atoms with Gasteiger partial charge in [-0.25, -0.2) is 14.2 Å². The molecule has 2 N–H and O–H groups in total. The first kappa shape index (κ1) is 12.1. The maximum absolute atomic E-state index is 11.6. The zero-order chi connectivity index (χ0) is 13.0. The molecular weight excluding hydrogens is 236 g/mol. The molecule has 2 rings (SSSR count). The number of aromatic nitrogens is 2. The van der Waals surface area contributed by atoms with E-state index in [1.807, 2.05) is 30.3 Å². The maximum Gasteiger partial charge on any atom is 0.422 e. The Kier molecular flexibility index (Phi) is 3.59. The Morgan fingerprint density at radius 2 is 2.06 bits per heavy atom. The number of aromatic amines is 1. The van der Waals surface area contributed by atoms with E-state index in [0.29, 0.717) is 0 Å². The average Bonchev–Trinajstić information content (AvgIpc) is 2.78. The molecule has 0 aliphatic rings. The molecule has 2 aromatic rings. The van der Waals surface area contributed by atoms with E-state index in [0.717, 1.165) is 10.1 Å². The van der Waals surface area contributed by atoms with Gasteiger partial charge in [-0.1, -0.05) is 30.3 Å². The Balaban J connectivity index is 2.04. The summed E-state index contributed by atoms with van der Waals surface area (Å²) in [6, 6.07) is 9.14. The van der Waals surface area contributed by atoms with Gasteiger partial charge in [0, 0.05) is 6.20 Å². The summed E-state index contributed by atoms with van der Waals surface area (Å²) in [5.74, 6) is 0. The summed E-state index contributed by atoms with van der Waals surface area (Å²) in [5, 5.41) is 8.83. The van der Waals surface area contributed by atoms with Crippen molar-refractivity contribution in [2.24, 2.45) is 0 Å². The molecule has 0 aliphatic heterocycles. The number of rotatable bonds is 3. The number of H-pyrrole nitrogens is 1. The highest BCUT2D eigenvalue weighted by atomic mass is 16.5. The van der Waals surface area contributed by atoms with Crippen LogP contribution in [0.3, 0.4) is 0 Å². The Labute approximate surface area is 102 Å². The van der Waals surface area contributed by atoms with Crippen LogP contribution in [0.2, 0.25) is 0 Å². The molecule has 0 bridgehead atoms. The third kappa shape index (κ3) is 2.67. The van der Waals surface area contributed by atoms with Crippen LogP contribution in [0.15, 0.2) is 41.3 Å². The summed E-state index contributed by atoms with van der Waals surface area (Å²) in [6.45, 7) is -0.250. The van der Waals surface area contributed by atoms with Crippen molar-refractivity contribution in [2.45, 2.75) is 13.2 Å². The predicted octanol–water partition coefficient (Wildman–Crippen LogP) is 0.854. The number of ether oxygens (including phenoxy) is 1. The Morgan fingerprint density at radius 1 is 1.33 bits per heavy atom. The molecule has 0 radical (unpaired) electrons. The van der Waals surface area contributed by atoms with Crippen molar-refractivity contribution < 1.29 is 14.6 Å². The SMILES string of the molecule is O=C(OCc1ccccc1)n1cc(CO)[nH]c1=O. The van der Waals surface area contributed by atoms with Crippen molar-refractivity contribution in [3.8, 4) is 0 Å². The largest absolute Gasteiger partial charge is 0.444 e. The Morgan fingerprint density at radius 3 is 2.67 bits per heavy atom. The summed E-state index contributed by atoms with van der Waals surface area (Å²) in [7, 11) is 0. The minimum absolute atomic E-state index is 0.0890. The Hall–Kier alpha value is -2.34. The number of nitrogens with one attached hydrogen (secondary N) is 1. The first-order valence-electron chi connectivity index (χ1n) is 5.33. The smallest absolute Gasteiger partial charge is 0.422 e. The fourth-order valence-electron chi connectivity index (χ4n) is 1.45. The van der Waals surface area contributed by atoms with Crippen LogP contribution >= 0.6 is 0 Å². The van der Waals surface area contributed by atoms with Crippen molar-refractivity contribution in [3.05, 3.63) is 58.3 Å². The lowest BCUT2D eigenvalue weighted by Gasteiger charge is -2.03. The van der Waals surface area contributed by atoms with Crippen LogP contribution in [0.1, 0.15) is 11.3 Å². The number of aliphatic hydroxyl groups excluding tert-OH is 1. The highest BCUT2D eigenvalue weighted by Crippen LogP contribution is 2.02. The molecule has 0 atom stereocenters. The molecule has 0 saturated heterocycles. The van der Waals surface area contributed by atoms with E-state index < -0.39 is 11.8 Å². The molecule has 94 valence electrons. The molecule has 6 heteroatoms. The standard InChI is InChI=1S/C12H12N2O4/c15-7-10-6-14(11(16)13-10)12(17)18-8-9-4-2-1-3-5-9/h1-6,15H,7-8H2,(H,13,16). The zero-order valence-corrected chi connectivity index (χ0v) is 9.50. The van der Waals surface area contributed by atoms with Crippen LogP contribution in [-0.4, -0.2) is 20.8 Å². The normalized spacial score (nSPS) is 10.3. The van der Waals surface area contributed by atoms with Crippen molar-refractivity contribution in [1.82, 2.24) is 9.55 Å². The van der Waals surface area contributed by atoms with Crippen LogP contribution < -0.4 is 5.69 Å². The molecule has 1 heterocycles. The first-order valence-corrected chi connectivity index (χ1v) is 5.33. The molecular formula is C12H12N2O4. The second-order valence-corrected chi connectivity index (χ2v) is 3.65. The Bertz CT molecular complexity index is 586. The van der Waals surface area contributed by atoms with Gasteiger partial charge in [-0.2, -0.15) is 0 Å². The van der Waals surface area contributed by atoms with Crippen LogP contribution in [0.25, 0.3) is 0 Å². The van der Waals surface area contributed by atoms with Gasteiger partial charge in [0.15, 0.2) is 0 Å². The summed E-state index contributed by atoms with van der Waals surface area (Å²) in [6.07, 6.45) is 0.440. The quantitative estimate of drug-likeness (QED) is 0.843. The van der Waals surface area contributed by atoms with Gasteiger partial charge in [-0.15, -0.1) is 0 Å². The van der Waals surface area contributed by atoms with E-state index in [4.69, 9.17) is 9.84 Å². The van der Waals surface area contributed by atoms with Crippen molar-refractivity contribution in [1.29, 1.82) is 0 Å². The van der Waals surface area contributed by atoms with Gasteiger partial charge < -0.3 is 14.8 Å². The fourth-order valence-corrected chi connectivity index (χ4v) is 1.45. The number of carbonyl (C=O) groups excluding carboxylic acids is 1. The number of nitrogens with zero attached hydrogens (tertiary/aromatic N) is 1. The third-order valence-electron chi connectivity index (χ3n) is 2.34. The lowest BCUT2D eigenvalue weighted by Crippen LogP contribution is -2.24. The van der Waals surface area contributed by atoms with Gasteiger partial charge in [0.2, 0.25) is 0 Å². The molecule has 0 fully saturated rings. The number of aliphatic hydroxyl groups is 1. The molecule has 0 aliphatic carbocycles. The fraction of sp³-hybridized carbons (Fsp3) is 0.167. The average molecular weight is 248 g/mol. The van der Waals surface area contributed by atoms with Gasteiger partial charge >= 0.3 is 11.8 Å². The minimum Gasteiger partial charge on any atom is -0.444 e. The summed E-state index contributed by atoms with van der Waals surface area (Å²) in [4.78, 5) is 25.3. The summed E-state index contributed by atoms with van der Waals surface area (Å²) >= 11 is 0. The van der Waals surface area contributed by atoms with Crippen LogP contribution in [0, 0.1) is 0 Å². The van der Waals surface area contributed by atoms with Crippen LogP contribution in [0.5, 0.6) is 0 Å². The highest BCUT2D eigenvalue weighted by Gasteiger charge is 2.11. The van der Waals surface area contributed by atoms with E-state index in [1.165, 1.54) is 6.20 Å². The van der Waals surface area contributed by atoms with E-state index in [1.54, 1.807) is 0 Å². The van der Waals surface area contributed by atoms with Gasteiger partial charge in [-0.05, 0) is 5.56 Å². The van der Waals surface area contributed by atoms with Gasteiger partial charge in [-0.3, -0.25) is 0 Å². The second kappa shape index (κ2) is 5.33. The van der Waals surface area contributed by atoms with E-state index in [-0.39, 0.29) is 18.9 Å². The molecule has 0 amide bonds. The lowest BCUT2D eigenvalue weighted by atomic mass is 10.2. The predicted molar refractivity (Wildman–Crippen MR) is 63.0 cm³/mol. The zero-order valence-electron chi connectivity index (χ0n) is 9.50.